The third kappa shape index (κ3) is 3.16. The van der Waals surface area contributed by atoms with Crippen LogP contribution in [0.5, 0.6) is 0 Å². The highest BCUT2D eigenvalue weighted by Crippen LogP contribution is 2.21. The fourth-order valence-corrected chi connectivity index (χ4v) is 0.725. The van der Waals surface area contributed by atoms with Gasteiger partial charge >= 0.3 is 6.03 Å². The molecule has 13 heavy (non-hydrogen) atoms. The van der Waals surface area contributed by atoms with Crippen LogP contribution in [0, 0.1) is 17.8 Å². The predicted molar refractivity (Wildman–Crippen MR) is 53.1 cm³/mol. The van der Waals surface area contributed by atoms with Crippen LogP contribution in [-0.4, -0.2) is 11.7 Å². The minimum absolute atomic E-state index is 0.414. The first-order chi connectivity index (χ1) is 5.96. The van der Waals surface area contributed by atoms with Gasteiger partial charge in [-0.1, -0.05) is 12.8 Å². The summed E-state index contributed by atoms with van der Waals surface area (Å²) < 4.78 is 0. The van der Waals surface area contributed by atoms with Crippen molar-refractivity contribution in [3.05, 3.63) is 0 Å². The topological polar surface area (TPSA) is 67.5 Å². The third-order valence-electron chi connectivity index (χ3n) is 2.16. The molecule has 1 atom stereocenters. The molecular weight excluding hydrogens is 166 g/mol. The van der Waals surface area contributed by atoms with Gasteiger partial charge < -0.3 is 5.73 Å². The van der Waals surface area contributed by atoms with E-state index in [9.17, 15) is 4.79 Å². The number of carbonyl (C=O) groups is 1. The van der Waals surface area contributed by atoms with Crippen LogP contribution in [0.1, 0.15) is 27.2 Å². The second-order valence-corrected chi connectivity index (χ2v) is 3.00. The zero-order valence-corrected chi connectivity index (χ0v) is 8.22. The van der Waals surface area contributed by atoms with Crippen molar-refractivity contribution in [3.8, 4) is 12.3 Å². The van der Waals surface area contributed by atoms with E-state index >= 15 is 0 Å². The Balaban J connectivity index is 4.57. The Labute approximate surface area is 78.6 Å². The van der Waals surface area contributed by atoms with Gasteiger partial charge in [-0.05, 0) is 20.3 Å². The summed E-state index contributed by atoms with van der Waals surface area (Å²) in [6.07, 6.45) is 6.11. The summed E-state index contributed by atoms with van der Waals surface area (Å²) in [7, 11) is 0. The highest BCUT2D eigenvalue weighted by atomic mass is 16.2. The zero-order valence-electron chi connectivity index (χ0n) is 8.22. The van der Waals surface area contributed by atoms with E-state index in [4.69, 9.17) is 12.2 Å². The lowest BCUT2D eigenvalue weighted by atomic mass is 9.84. The number of nitrogens with zero attached hydrogens (tertiary/aromatic N) is 1. The van der Waals surface area contributed by atoms with Gasteiger partial charge in [-0.15, -0.1) is 6.42 Å². The van der Waals surface area contributed by atoms with Gasteiger partial charge in [0.2, 0.25) is 0 Å². The highest BCUT2D eigenvalue weighted by molar-refractivity contribution is 5.91. The van der Waals surface area contributed by atoms with E-state index < -0.39 is 11.4 Å². The number of nitrogens with two attached hydrogens (primary N) is 1. The van der Waals surface area contributed by atoms with Crippen LogP contribution in [-0.2, 0) is 0 Å². The number of hydrogen-bond donors (Lipinski definition) is 2. The van der Waals surface area contributed by atoms with E-state index in [0.717, 1.165) is 6.42 Å². The molecule has 0 aliphatic rings. The lowest BCUT2D eigenvalue weighted by Crippen LogP contribution is -2.30. The van der Waals surface area contributed by atoms with Crippen LogP contribution in [0.3, 0.4) is 0 Å². The summed E-state index contributed by atoms with van der Waals surface area (Å²) in [6.45, 7) is 5.61. The average molecular weight is 181 g/mol. The number of primary amides is 1. The molecule has 0 aromatic heterocycles. The number of hydrazone groups is 1. The Morgan fingerprint density at radius 1 is 1.77 bits per heavy atom. The van der Waals surface area contributed by atoms with Crippen LogP contribution < -0.4 is 11.2 Å². The number of carbonyl (C=O) groups excluding carboxylic acids is 1. The molecule has 0 spiro atoms. The van der Waals surface area contributed by atoms with Crippen molar-refractivity contribution in [2.75, 3.05) is 0 Å². The van der Waals surface area contributed by atoms with Crippen LogP contribution in [0.15, 0.2) is 5.10 Å². The van der Waals surface area contributed by atoms with Crippen molar-refractivity contribution >= 4 is 11.7 Å². The van der Waals surface area contributed by atoms with Gasteiger partial charge in [0.05, 0.1) is 11.1 Å². The molecule has 0 rings (SSSR count). The number of urea groups is 1. The molecule has 4 heteroatoms. The van der Waals surface area contributed by atoms with Crippen LogP contribution in [0.25, 0.3) is 0 Å². The number of rotatable bonds is 3. The number of nitrogens with one attached hydrogen (secondary N) is 1. The predicted octanol–water partition coefficient (Wildman–Crippen LogP) is 1.08. The molecule has 72 valence electrons. The van der Waals surface area contributed by atoms with Crippen molar-refractivity contribution in [2.45, 2.75) is 27.2 Å². The molecule has 0 aliphatic carbocycles. The summed E-state index contributed by atoms with van der Waals surface area (Å²) >= 11 is 0. The quantitative estimate of drug-likeness (QED) is 0.382. The molecule has 0 fully saturated rings. The summed E-state index contributed by atoms with van der Waals surface area (Å²) in [4.78, 5) is 10.4. The van der Waals surface area contributed by atoms with Crippen molar-refractivity contribution in [2.24, 2.45) is 16.3 Å². The summed E-state index contributed by atoms with van der Waals surface area (Å²) in [5, 5.41) is 3.79. The van der Waals surface area contributed by atoms with Gasteiger partial charge in [-0.3, -0.25) is 0 Å². The molecule has 3 N–H and O–H groups in total. The summed E-state index contributed by atoms with van der Waals surface area (Å²) in [5.74, 6) is 2.63. The van der Waals surface area contributed by atoms with Gasteiger partial charge in [0.1, 0.15) is 0 Å². The van der Waals surface area contributed by atoms with E-state index in [2.05, 4.69) is 16.4 Å². The molecule has 0 saturated carbocycles. The minimum Gasteiger partial charge on any atom is -0.350 e. The van der Waals surface area contributed by atoms with Gasteiger partial charge in [0.15, 0.2) is 0 Å². The third-order valence-corrected chi connectivity index (χ3v) is 2.16. The SMILES string of the molecule is C#CC(C)(CC)/C(C)=N/NC(N)=O. The minimum atomic E-state index is -0.685. The van der Waals surface area contributed by atoms with Gasteiger partial charge in [-0.2, -0.15) is 5.10 Å². The maximum Gasteiger partial charge on any atom is 0.332 e. The maximum absolute atomic E-state index is 10.4. The molecule has 0 heterocycles. The van der Waals surface area contributed by atoms with E-state index in [1.54, 1.807) is 6.92 Å². The normalized spacial score (nSPS) is 15.7. The Bertz CT molecular complexity index is 265. The van der Waals surface area contributed by atoms with Crippen LogP contribution in [0.4, 0.5) is 4.79 Å². The number of hydrogen-bond acceptors (Lipinski definition) is 2. The van der Waals surface area contributed by atoms with Crippen molar-refractivity contribution in [1.29, 1.82) is 0 Å². The summed E-state index contributed by atoms with van der Waals surface area (Å²) in [6, 6.07) is -0.685. The Hall–Kier alpha value is -1.50. The first-order valence-corrected chi connectivity index (χ1v) is 4.04. The zero-order chi connectivity index (χ0) is 10.5. The van der Waals surface area contributed by atoms with Gasteiger partial charge in [0, 0.05) is 0 Å². The maximum atomic E-state index is 10.4. The van der Waals surface area contributed by atoms with E-state index in [-0.39, 0.29) is 0 Å². The molecule has 4 nitrogen and oxygen atoms in total. The first kappa shape index (κ1) is 11.5. The average Bonchev–Trinajstić information content (AvgIpc) is 2.12. The van der Waals surface area contributed by atoms with Crippen LogP contribution in [0.2, 0.25) is 0 Å². The smallest absolute Gasteiger partial charge is 0.332 e. The Kier molecular flexibility index (Phi) is 3.99. The first-order valence-electron chi connectivity index (χ1n) is 4.04. The Morgan fingerprint density at radius 2 is 2.31 bits per heavy atom. The number of amides is 2. The molecule has 0 saturated heterocycles. The molecule has 0 radical (unpaired) electrons. The molecule has 2 amide bonds. The second kappa shape index (κ2) is 4.51. The molecular formula is C9H15N3O. The monoisotopic (exact) mass is 181 g/mol. The molecule has 0 aromatic carbocycles. The number of terminal acetylenes is 1. The van der Waals surface area contributed by atoms with Crippen molar-refractivity contribution < 1.29 is 4.79 Å². The van der Waals surface area contributed by atoms with Crippen molar-refractivity contribution in [1.82, 2.24) is 5.43 Å². The van der Waals surface area contributed by atoms with E-state index in [1.165, 1.54) is 0 Å². The summed E-state index contributed by atoms with van der Waals surface area (Å²) in [5.41, 5.74) is 7.27. The van der Waals surface area contributed by atoms with Gasteiger partial charge in [0.25, 0.3) is 0 Å². The highest BCUT2D eigenvalue weighted by Gasteiger charge is 2.22. The Morgan fingerprint density at radius 3 is 2.62 bits per heavy atom. The molecule has 0 bridgehead atoms. The molecule has 0 aliphatic heterocycles. The fraction of sp³-hybridized carbons (Fsp3) is 0.556. The second-order valence-electron chi connectivity index (χ2n) is 3.00. The van der Waals surface area contributed by atoms with E-state index in [0.29, 0.717) is 5.71 Å². The molecule has 1 unspecified atom stereocenters. The van der Waals surface area contributed by atoms with Crippen LogP contribution >= 0.6 is 0 Å². The van der Waals surface area contributed by atoms with E-state index in [1.807, 2.05) is 13.8 Å². The lowest BCUT2D eigenvalue weighted by Gasteiger charge is -2.20. The standard InChI is InChI=1S/C9H15N3O/c1-5-9(4,6-2)7(3)11-12-8(10)13/h1H,6H2,2-4H3,(H3,10,12,13)/b11-7+. The van der Waals surface area contributed by atoms with Crippen molar-refractivity contribution in [3.63, 3.8) is 0 Å². The van der Waals surface area contributed by atoms with Gasteiger partial charge in [-0.25, -0.2) is 10.2 Å². The fourth-order valence-electron chi connectivity index (χ4n) is 0.725. The largest absolute Gasteiger partial charge is 0.350 e. The molecule has 0 aromatic rings. The lowest BCUT2D eigenvalue weighted by molar-refractivity contribution is 0.249.